The van der Waals surface area contributed by atoms with E-state index >= 15 is 0 Å². The first-order valence-electron chi connectivity index (χ1n) is 7.80. The van der Waals surface area contributed by atoms with Crippen molar-refractivity contribution < 1.29 is 19.6 Å². The average Bonchev–Trinajstić information content (AvgIpc) is 2.48. The number of rotatable bonds is 5. The summed E-state index contributed by atoms with van der Waals surface area (Å²) in [6.45, 7) is 3.85. The molecule has 2 rings (SSSR count). The number of phenols is 1. The maximum atomic E-state index is 12.2. The summed E-state index contributed by atoms with van der Waals surface area (Å²) < 4.78 is 5.80. The van der Waals surface area contributed by atoms with E-state index in [4.69, 9.17) is 4.74 Å². The van der Waals surface area contributed by atoms with Crippen LogP contribution >= 0.6 is 0 Å². The molecule has 126 valence electrons. The van der Waals surface area contributed by atoms with Gasteiger partial charge in [-0.25, -0.2) is 0 Å². The van der Waals surface area contributed by atoms with Gasteiger partial charge in [-0.15, -0.1) is 0 Å². The molecule has 3 atom stereocenters. The molecule has 23 heavy (non-hydrogen) atoms. The number of nitrogens with one attached hydrogen (secondary N) is 1. The van der Waals surface area contributed by atoms with Crippen molar-refractivity contribution in [1.29, 1.82) is 0 Å². The molecule has 7 nitrogen and oxygen atoms in total. The highest BCUT2D eigenvalue weighted by molar-refractivity contribution is 5.94. The highest BCUT2D eigenvalue weighted by Crippen LogP contribution is 2.29. The fraction of sp³-hybridized carbons (Fsp3) is 0.562. The molecule has 0 radical (unpaired) electrons. The van der Waals surface area contributed by atoms with Crippen LogP contribution in [0.4, 0.5) is 11.4 Å². The van der Waals surface area contributed by atoms with E-state index in [0.29, 0.717) is 5.92 Å². The van der Waals surface area contributed by atoms with Gasteiger partial charge in [-0.3, -0.25) is 14.9 Å². The van der Waals surface area contributed by atoms with Gasteiger partial charge in [0.15, 0.2) is 5.75 Å². The fourth-order valence-corrected chi connectivity index (χ4v) is 2.84. The summed E-state index contributed by atoms with van der Waals surface area (Å²) >= 11 is 0. The molecule has 7 heteroatoms. The van der Waals surface area contributed by atoms with Gasteiger partial charge in [0.05, 0.1) is 11.0 Å². The standard InChI is InChI=1S/C16H22N2O5/c1-10-4-3-5-13(8-10)23-11(2)16(20)17-12-6-7-15(19)14(9-12)18(21)22/h6-7,9-11,13,19H,3-5,8H2,1-2H3,(H,17,20)/t10-,11+,13-/m1/s1. The molecule has 2 N–H and O–H groups in total. The first-order chi connectivity index (χ1) is 10.9. The first-order valence-corrected chi connectivity index (χ1v) is 7.80. The van der Waals surface area contributed by atoms with Gasteiger partial charge in [0.25, 0.3) is 5.91 Å². The van der Waals surface area contributed by atoms with E-state index in [1.54, 1.807) is 6.92 Å². The predicted molar refractivity (Wildman–Crippen MR) is 85.4 cm³/mol. The second-order valence-electron chi connectivity index (χ2n) is 6.12. The summed E-state index contributed by atoms with van der Waals surface area (Å²) in [6, 6.07) is 3.72. The second-order valence-corrected chi connectivity index (χ2v) is 6.12. The number of nitrogens with zero attached hydrogens (tertiary/aromatic N) is 1. The van der Waals surface area contributed by atoms with Crippen molar-refractivity contribution >= 4 is 17.3 Å². The molecule has 1 aliphatic rings. The van der Waals surface area contributed by atoms with Gasteiger partial charge in [-0.2, -0.15) is 0 Å². The smallest absolute Gasteiger partial charge is 0.312 e. The number of amides is 1. The maximum absolute atomic E-state index is 12.2. The number of anilines is 1. The Morgan fingerprint density at radius 2 is 2.22 bits per heavy atom. The van der Waals surface area contributed by atoms with Crippen molar-refractivity contribution in [2.45, 2.75) is 51.7 Å². The molecule has 1 aliphatic carbocycles. The molecule has 0 spiro atoms. The zero-order valence-corrected chi connectivity index (χ0v) is 13.3. The summed E-state index contributed by atoms with van der Waals surface area (Å²) in [5.74, 6) is -0.194. The predicted octanol–water partition coefficient (Wildman–Crippen LogP) is 3.22. The Morgan fingerprint density at radius 3 is 2.87 bits per heavy atom. The van der Waals surface area contributed by atoms with E-state index in [1.165, 1.54) is 18.6 Å². The number of hydrogen-bond donors (Lipinski definition) is 2. The van der Waals surface area contributed by atoms with Gasteiger partial charge in [0, 0.05) is 11.8 Å². The Kier molecular flexibility index (Phi) is 5.54. The Labute approximate surface area is 134 Å². The number of nitro groups is 1. The minimum Gasteiger partial charge on any atom is -0.502 e. The summed E-state index contributed by atoms with van der Waals surface area (Å²) in [5.41, 5.74) is -0.190. The van der Waals surface area contributed by atoms with E-state index < -0.39 is 22.5 Å². The third kappa shape index (κ3) is 4.66. The number of carbonyl (C=O) groups excluding carboxylic acids is 1. The SMILES string of the molecule is C[C@@H]1CCC[C@@H](O[C@@H](C)C(=O)Nc2ccc(O)c([N+](=O)[O-])c2)C1. The molecule has 0 saturated heterocycles. The molecule has 1 saturated carbocycles. The Morgan fingerprint density at radius 1 is 1.48 bits per heavy atom. The van der Waals surface area contributed by atoms with Gasteiger partial charge < -0.3 is 15.2 Å². The van der Waals surface area contributed by atoms with Gasteiger partial charge >= 0.3 is 5.69 Å². The Hall–Kier alpha value is -2.15. The summed E-state index contributed by atoms with van der Waals surface area (Å²) in [7, 11) is 0. The van der Waals surface area contributed by atoms with Crippen LogP contribution in [0.1, 0.15) is 39.5 Å². The number of carbonyl (C=O) groups is 1. The van der Waals surface area contributed by atoms with Crippen LogP contribution in [0.2, 0.25) is 0 Å². The lowest BCUT2D eigenvalue weighted by Crippen LogP contribution is -2.33. The zero-order chi connectivity index (χ0) is 17.0. The van der Waals surface area contributed by atoms with Crippen molar-refractivity contribution in [3.05, 3.63) is 28.3 Å². The highest BCUT2D eigenvalue weighted by Gasteiger charge is 2.24. The molecule has 1 amide bonds. The maximum Gasteiger partial charge on any atom is 0.312 e. The minimum atomic E-state index is -0.700. The lowest BCUT2D eigenvalue weighted by molar-refractivity contribution is -0.385. The third-order valence-electron chi connectivity index (χ3n) is 4.09. The van der Waals surface area contributed by atoms with Crippen molar-refractivity contribution in [2.75, 3.05) is 5.32 Å². The van der Waals surface area contributed by atoms with Crippen LogP contribution in [-0.2, 0) is 9.53 Å². The van der Waals surface area contributed by atoms with Gasteiger partial charge in [0.2, 0.25) is 0 Å². The average molecular weight is 322 g/mol. The Bertz CT molecular complexity index is 590. The number of nitro benzene ring substituents is 1. The molecule has 0 unspecified atom stereocenters. The van der Waals surface area contributed by atoms with Gasteiger partial charge in [-0.05, 0) is 37.8 Å². The van der Waals surface area contributed by atoms with Crippen LogP contribution in [0.25, 0.3) is 0 Å². The summed E-state index contributed by atoms with van der Waals surface area (Å²) in [4.78, 5) is 22.3. The number of hydrogen-bond acceptors (Lipinski definition) is 5. The van der Waals surface area contributed by atoms with E-state index in [1.807, 2.05) is 0 Å². The fourth-order valence-electron chi connectivity index (χ4n) is 2.84. The van der Waals surface area contributed by atoms with Gasteiger partial charge in [0.1, 0.15) is 6.10 Å². The largest absolute Gasteiger partial charge is 0.502 e. The van der Waals surface area contributed by atoms with Crippen molar-refractivity contribution in [1.82, 2.24) is 0 Å². The van der Waals surface area contributed by atoms with Crippen molar-refractivity contribution in [2.24, 2.45) is 5.92 Å². The lowest BCUT2D eigenvalue weighted by atomic mass is 9.88. The highest BCUT2D eigenvalue weighted by atomic mass is 16.6. The van der Waals surface area contributed by atoms with Crippen LogP contribution < -0.4 is 5.32 Å². The second kappa shape index (κ2) is 7.41. The topological polar surface area (TPSA) is 102 Å². The van der Waals surface area contributed by atoms with E-state index in [2.05, 4.69) is 12.2 Å². The van der Waals surface area contributed by atoms with Gasteiger partial charge in [-0.1, -0.05) is 19.8 Å². The summed E-state index contributed by atoms with van der Waals surface area (Å²) in [5, 5.41) is 22.8. The molecule has 1 aromatic carbocycles. The van der Waals surface area contributed by atoms with E-state index in [0.717, 1.165) is 25.3 Å². The van der Waals surface area contributed by atoms with Crippen molar-refractivity contribution in [3.8, 4) is 5.75 Å². The number of phenolic OH excluding ortho intramolecular Hbond substituents is 1. The molecule has 1 fully saturated rings. The molecule has 0 aromatic heterocycles. The molecular formula is C16H22N2O5. The molecule has 0 bridgehead atoms. The number of benzene rings is 1. The van der Waals surface area contributed by atoms with Crippen LogP contribution in [-0.4, -0.2) is 28.1 Å². The number of aromatic hydroxyl groups is 1. The monoisotopic (exact) mass is 322 g/mol. The van der Waals surface area contributed by atoms with Crippen molar-refractivity contribution in [3.63, 3.8) is 0 Å². The first kappa shape index (κ1) is 17.2. The van der Waals surface area contributed by atoms with Crippen LogP contribution in [0.5, 0.6) is 5.75 Å². The van der Waals surface area contributed by atoms with E-state index in [-0.39, 0.29) is 17.7 Å². The van der Waals surface area contributed by atoms with E-state index in [9.17, 15) is 20.0 Å². The lowest BCUT2D eigenvalue weighted by Gasteiger charge is -2.28. The molecule has 1 aromatic rings. The van der Waals surface area contributed by atoms with Crippen LogP contribution in [0.15, 0.2) is 18.2 Å². The molecule has 0 heterocycles. The normalized spacial score (nSPS) is 22.3. The molecular weight excluding hydrogens is 300 g/mol. The van der Waals surface area contributed by atoms with Crippen LogP contribution in [0, 0.1) is 16.0 Å². The third-order valence-corrected chi connectivity index (χ3v) is 4.09. The zero-order valence-electron chi connectivity index (χ0n) is 13.3. The molecule has 0 aliphatic heterocycles. The summed E-state index contributed by atoms with van der Waals surface area (Å²) in [6.07, 6.45) is 3.63. The number of ether oxygens (including phenoxy) is 1. The Balaban J connectivity index is 1.95. The minimum absolute atomic E-state index is 0.0775. The quantitative estimate of drug-likeness (QED) is 0.492. The van der Waals surface area contributed by atoms with Crippen LogP contribution in [0.3, 0.4) is 0 Å².